The van der Waals surface area contributed by atoms with E-state index >= 15 is 0 Å². The summed E-state index contributed by atoms with van der Waals surface area (Å²) in [5.74, 6) is 0. The first kappa shape index (κ1) is 12.2. The molecule has 1 aliphatic rings. The number of fused-ring (bicyclic) bond motifs is 3. The van der Waals surface area contributed by atoms with Gasteiger partial charge in [-0.1, -0.05) is 60.2 Å². The lowest BCUT2D eigenvalue weighted by Crippen LogP contribution is -1.95. The molecule has 0 bridgehead atoms. The van der Waals surface area contributed by atoms with Crippen LogP contribution in [0.3, 0.4) is 0 Å². The van der Waals surface area contributed by atoms with Gasteiger partial charge in [0.05, 0.1) is 11.0 Å². The van der Waals surface area contributed by atoms with Crippen LogP contribution in [0.1, 0.15) is 13.3 Å². The lowest BCUT2D eigenvalue weighted by Gasteiger charge is -2.09. The van der Waals surface area contributed by atoms with Gasteiger partial charge in [-0.15, -0.1) is 0 Å². The highest BCUT2D eigenvalue weighted by Gasteiger charge is 2.12. The van der Waals surface area contributed by atoms with Gasteiger partial charge in [0.1, 0.15) is 0 Å². The van der Waals surface area contributed by atoms with Crippen LogP contribution in [0.25, 0.3) is 27.5 Å². The molecule has 0 N–H and O–H groups in total. The lowest BCUT2D eigenvalue weighted by molar-refractivity contribution is 1.14. The summed E-state index contributed by atoms with van der Waals surface area (Å²) < 4.78 is 2.39. The molecule has 4 rings (SSSR count). The van der Waals surface area contributed by atoms with Crippen molar-refractivity contribution in [3.8, 4) is 0 Å². The van der Waals surface area contributed by atoms with Crippen LogP contribution in [0.5, 0.6) is 0 Å². The van der Waals surface area contributed by atoms with Crippen molar-refractivity contribution >= 4 is 27.5 Å². The second kappa shape index (κ2) is 4.78. The van der Waals surface area contributed by atoms with Crippen molar-refractivity contribution in [2.24, 2.45) is 0 Å². The second-order valence-electron chi connectivity index (χ2n) is 5.54. The fourth-order valence-corrected chi connectivity index (χ4v) is 3.11. The Labute approximate surface area is 124 Å². The topological polar surface area (TPSA) is 4.93 Å². The summed E-state index contributed by atoms with van der Waals surface area (Å²) in [6.07, 6.45) is 9.83. The van der Waals surface area contributed by atoms with E-state index in [1.54, 1.807) is 0 Å². The summed E-state index contributed by atoms with van der Waals surface area (Å²) in [5.41, 5.74) is 5.18. The van der Waals surface area contributed by atoms with E-state index in [1.807, 2.05) is 0 Å². The summed E-state index contributed by atoms with van der Waals surface area (Å²) in [4.78, 5) is 0. The average Bonchev–Trinajstić information content (AvgIpc) is 2.70. The third-order valence-electron chi connectivity index (χ3n) is 4.11. The van der Waals surface area contributed by atoms with E-state index in [2.05, 4.69) is 84.3 Å². The maximum atomic E-state index is 2.39. The van der Waals surface area contributed by atoms with Crippen molar-refractivity contribution in [1.82, 2.24) is 4.57 Å². The minimum Gasteiger partial charge on any atom is -0.313 e. The molecule has 0 saturated heterocycles. The van der Waals surface area contributed by atoms with Crippen LogP contribution in [0, 0.1) is 0 Å². The monoisotopic (exact) mass is 271 g/mol. The fourth-order valence-electron chi connectivity index (χ4n) is 3.11. The summed E-state index contributed by atoms with van der Waals surface area (Å²) in [6.45, 7) is 2.14. The summed E-state index contributed by atoms with van der Waals surface area (Å²) in [5, 5.41) is 2.64. The van der Waals surface area contributed by atoms with Gasteiger partial charge in [-0.3, -0.25) is 0 Å². The normalized spacial score (nSPS) is 15.1. The molecule has 1 aromatic heterocycles. The Morgan fingerprint density at radius 1 is 0.810 bits per heavy atom. The fraction of sp³-hybridized carbons (Fsp3) is 0.100. The predicted molar refractivity (Wildman–Crippen MR) is 91.2 cm³/mol. The first-order chi connectivity index (χ1) is 10.3. The highest BCUT2D eigenvalue weighted by molar-refractivity contribution is 6.10. The van der Waals surface area contributed by atoms with Gasteiger partial charge in [0.2, 0.25) is 0 Å². The Bertz CT molecular complexity index is 866. The number of hydrogen-bond donors (Lipinski definition) is 0. The highest BCUT2D eigenvalue weighted by atomic mass is 15.0. The van der Waals surface area contributed by atoms with E-state index in [4.69, 9.17) is 0 Å². The first-order valence-electron chi connectivity index (χ1n) is 7.37. The van der Waals surface area contributed by atoms with Gasteiger partial charge in [0, 0.05) is 22.9 Å². The van der Waals surface area contributed by atoms with E-state index in [9.17, 15) is 0 Å². The number of nitrogens with zero attached hydrogens (tertiary/aromatic N) is 1. The van der Waals surface area contributed by atoms with Gasteiger partial charge in [0.25, 0.3) is 0 Å². The molecule has 0 saturated carbocycles. The molecule has 0 amide bonds. The van der Waals surface area contributed by atoms with Crippen molar-refractivity contribution in [1.29, 1.82) is 0 Å². The van der Waals surface area contributed by atoms with Gasteiger partial charge < -0.3 is 4.57 Å². The Balaban J connectivity index is 2.09. The van der Waals surface area contributed by atoms with Crippen molar-refractivity contribution in [3.63, 3.8) is 0 Å². The second-order valence-corrected chi connectivity index (χ2v) is 5.54. The SMILES string of the molecule is CC1=CC=C(n2c3ccccc3c3ccccc32)CC=C1. The molecule has 0 aliphatic heterocycles. The van der Waals surface area contributed by atoms with Crippen LogP contribution < -0.4 is 0 Å². The number of benzene rings is 2. The molecule has 1 heteroatoms. The largest absolute Gasteiger partial charge is 0.313 e. The standard InChI is InChI=1S/C20H17N/c1-15-7-6-8-16(14-13-15)21-19-11-4-2-9-17(19)18-10-3-5-12-20(18)21/h2-7,9-14H,8H2,1H3. The van der Waals surface area contributed by atoms with Crippen LogP contribution in [-0.4, -0.2) is 4.57 Å². The van der Waals surface area contributed by atoms with Crippen molar-refractivity contribution in [2.75, 3.05) is 0 Å². The zero-order chi connectivity index (χ0) is 14.2. The van der Waals surface area contributed by atoms with Crippen LogP contribution in [0.15, 0.2) is 78.4 Å². The molecule has 0 radical (unpaired) electrons. The van der Waals surface area contributed by atoms with Crippen molar-refractivity contribution < 1.29 is 0 Å². The van der Waals surface area contributed by atoms with Gasteiger partial charge >= 0.3 is 0 Å². The van der Waals surface area contributed by atoms with Crippen molar-refractivity contribution in [2.45, 2.75) is 13.3 Å². The van der Waals surface area contributed by atoms with Crippen LogP contribution in [0.2, 0.25) is 0 Å². The van der Waals surface area contributed by atoms with Crippen LogP contribution in [-0.2, 0) is 0 Å². The molecule has 3 aromatic rings. The van der Waals surface area contributed by atoms with Gasteiger partial charge in [-0.05, 0) is 25.1 Å². The molecule has 0 fully saturated rings. The van der Waals surface area contributed by atoms with Gasteiger partial charge in [-0.2, -0.15) is 0 Å². The average molecular weight is 271 g/mol. The number of allylic oxidation sites excluding steroid dienone is 6. The third kappa shape index (κ3) is 1.93. The molecule has 0 spiro atoms. The minimum absolute atomic E-state index is 0.955. The molecule has 1 aliphatic carbocycles. The zero-order valence-electron chi connectivity index (χ0n) is 12.1. The van der Waals surface area contributed by atoms with Crippen LogP contribution in [0.4, 0.5) is 0 Å². The Hall–Kier alpha value is -2.54. The quantitative estimate of drug-likeness (QED) is 0.547. The first-order valence-corrected chi connectivity index (χ1v) is 7.37. The molecule has 2 aromatic carbocycles. The molecule has 102 valence electrons. The predicted octanol–water partition coefficient (Wildman–Crippen LogP) is 5.54. The summed E-state index contributed by atoms with van der Waals surface area (Å²) in [7, 11) is 0. The van der Waals surface area contributed by atoms with Gasteiger partial charge in [-0.25, -0.2) is 0 Å². The maximum absolute atomic E-state index is 2.39. The minimum atomic E-state index is 0.955. The number of aromatic nitrogens is 1. The summed E-state index contributed by atoms with van der Waals surface area (Å²) >= 11 is 0. The molecule has 0 unspecified atom stereocenters. The van der Waals surface area contributed by atoms with E-state index in [0.717, 1.165) is 6.42 Å². The molecular weight excluding hydrogens is 254 g/mol. The smallest absolute Gasteiger partial charge is 0.0537 e. The van der Waals surface area contributed by atoms with E-state index in [0.29, 0.717) is 0 Å². The Kier molecular flexibility index (Phi) is 2.78. The molecule has 1 heterocycles. The Morgan fingerprint density at radius 2 is 1.43 bits per heavy atom. The highest BCUT2D eigenvalue weighted by Crippen LogP contribution is 2.33. The van der Waals surface area contributed by atoms with Crippen molar-refractivity contribution in [3.05, 3.63) is 78.4 Å². The third-order valence-corrected chi connectivity index (χ3v) is 4.11. The van der Waals surface area contributed by atoms with Crippen LogP contribution >= 0.6 is 0 Å². The molecule has 1 nitrogen and oxygen atoms in total. The zero-order valence-corrected chi connectivity index (χ0v) is 12.1. The summed E-state index contributed by atoms with van der Waals surface area (Å²) in [6, 6.07) is 17.3. The number of hydrogen-bond acceptors (Lipinski definition) is 0. The number of para-hydroxylation sites is 2. The molecular formula is C20H17N. The maximum Gasteiger partial charge on any atom is 0.0537 e. The van der Waals surface area contributed by atoms with E-state index in [-0.39, 0.29) is 0 Å². The lowest BCUT2D eigenvalue weighted by atomic mass is 10.2. The van der Waals surface area contributed by atoms with E-state index in [1.165, 1.54) is 33.1 Å². The van der Waals surface area contributed by atoms with Gasteiger partial charge in [0.15, 0.2) is 0 Å². The number of rotatable bonds is 1. The molecule has 21 heavy (non-hydrogen) atoms. The Morgan fingerprint density at radius 3 is 2.10 bits per heavy atom. The molecule has 0 atom stereocenters. The van der Waals surface area contributed by atoms with E-state index < -0.39 is 0 Å².